The van der Waals surface area contributed by atoms with Crippen LogP contribution in [0.2, 0.25) is 0 Å². The summed E-state index contributed by atoms with van der Waals surface area (Å²) in [5, 5.41) is 11.6. The maximum Gasteiger partial charge on any atom is 0.181 e. The minimum Gasteiger partial charge on any atom is -0.268 e. The van der Waals surface area contributed by atoms with Gasteiger partial charge in [0.05, 0.1) is 6.54 Å². The van der Waals surface area contributed by atoms with E-state index in [1.165, 1.54) is 18.4 Å². The molecule has 2 heterocycles. The predicted octanol–water partition coefficient (Wildman–Crippen LogP) is 2.59. The van der Waals surface area contributed by atoms with E-state index in [1.807, 2.05) is 29.1 Å². The molecule has 1 N–H and O–H groups in total. The van der Waals surface area contributed by atoms with Crippen LogP contribution < -0.4 is 0 Å². The molecule has 3 aromatic rings. The predicted molar refractivity (Wildman–Crippen MR) is 75.1 cm³/mol. The lowest BCUT2D eigenvalue weighted by Crippen LogP contribution is -1.99. The Kier molecular flexibility index (Phi) is 2.62. The third kappa shape index (κ3) is 2.22. The van der Waals surface area contributed by atoms with Crippen molar-refractivity contribution in [2.75, 3.05) is 0 Å². The molecule has 0 radical (unpaired) electrons. The molecule has 0 aliphatic heterocycles. The number of benzene rings is 1. The van der Waals surface area contributed by atoms with Crippen molar-refractivity contribution in [2.24, 2.45) is 0 Å². The molecule has 0 spiro atoms. The molecule has 4 rings (SSSR count). The van der Waals surface area contributed by atoms with Crippen molar-refractivity contribution < 1.29 is 0 Å². The van der Waals surface area contributed by atoms with Gasteiger partial charge in [0.2, 0.25) is 0 Å². The van der Waals surface area contributed by atoms with E-state index in [0.29, 0.717) is 5.92 Å². The molecule has 100 valence electrons. The second-order valence-electron chi connectivity index (χ2n) is 5.22. The highest BCUT2D eigenvalue weighted by atomic mass is 15.3. The van der Waals surface area contributed by atoms with Crippen LogP contribution in [0.15, 0.2) is 42.7 Å². The molecule has 20 heavy (non-hydrogen) atoms. The van der Waals surface area contributed by atoms with Gasteiger partial charge in [-0.25, -0.2) is 4.98 Å². The normalized spacial score (nSPS) is 14.6. The first kappa shape index (κ1) is 11.4. The van der Waals surface area contributed by atoms with Crippen LogP contribution in [-0.2, 0) is 6.54 Å². The molecule has 1 saturated carbocycles. The van der Waals surface area contributed by atoms with Crippen LogP contribution in [-0.4, -0.2) is 25.0 Å². The standard InChI is InChI=1S/C15H15N5/c1-3-11(10-20-8-2-7-16-20)9-13(4-1)15-17-14(18-19-15)12-5-6-12/h1-4,7-9,12H,5-6,10H2,(H,17,18,19). The Hall–Kier alpha value is -2.43. The number of hydrogen-bond acceptors (Lipinski definition) is 3. The second-order valence-corrected chi connectivity index (χ2v) is 5.22. The Morgan fingerprint density at radius 2 is 2.20 bits per heavy atom. The lowest BCUT2D eigenvalue weighted by molar-refractivity contribution is 0.687. The van der Waals surface area contributed by atoms with Gasteiger partial charge >= 0.3 is 0 Å². The molecule has 0 atom stereocenters. The molecule has 0 unspecified atom stereocenters. The van der Waals surface area contributed by atoms with Crippen molar-refractivity contribution in [1.82, 2.24) is 25.0 Å². The summed E-state index contributed by atoms with van der Waals surface area (Å²) in [6.07, 6.45) is 6.22. The maximum atomic E-state index is 4.59. The van der Waals surface area contributed by atoms with Crippen molar-refractivity contribution in [1.29, 1.82) is 0 Å². The van der Waals surface area contributed by atoms with Crippen LogP contribution in [0.5, 0.6) is 0 Å². The van der Waals surface area contributed by atoms with Crippen molar-refractivity contribution in [3.63, 3.8) is 0 Å². The molecule has 0 bridgehead atoms. The van der Waals surface area contributed by atoms with Gasteiger partial charge in [0.25, 0.3) is 0 Å². The number of aromatic amines is 1. The summed E-state index contributed by atoms with van der Waals surface area (Å²) in [4.78, 5) is 4.59. The van der Waals surface area contributed by atoms with E-state index < -0.39 is 0 Å². The summed E-state index contributed by atoms with van der Waals surface area (Å²) in [6.45, 7) is 0.765. The summed E-state index contributed by atoms with van der Waals surface area (Å²) < 4.78 is 1.91. The van der Waals surface area contributed by atoms with Crippen LogP contribution in [0.1, 0.15) is 30.1 Å². The Morgan fingerprint density at radius 3 is 3.00 bits per heavy atom. The molecule has 1 aliphatic carbocycles. The molecule has 2 aromatic heterocycles. The Morgan fingerprint density at radius 1 is 1.25 bits per heavy atom. The molecule has 5 nitrogen and oxygen atoms in total. The van der Waals surface area contributed by atoms with Gasteiger partial charge in [-0.15, -0.1) is 0 Å². The molecular formula is C15H15N5. The van der Waals surface area contributed by atoms with Gasteiger partial charge in [-0.2, -0.15) is 10.2 Å². The quantitative estimate of drug-likeness (QED) is 0.788. The van der Waals surface area contributed by atoms with E-state index >= 15 is 0 Å². The van der Waals surface area contributed by atoms with Crippen molar-refractivity contribution in [2.45, 2.75) is 25.3 Å². The molecule has 1 fully saturated rings. The van der Waals surface area contributed by atoms with Crippen molar-refractivity contribution in [3.05, 3.63) is 54.1 Å². The van der Waals surface area contributed by atoms with Crippen LogP contribution in [0, 0.1) is 0 Å². The van der Waals surface area contributed by atoms with E-state index in [0.717, 1.165) is 23.8 Å². The first-order chi connectivity index (χ1) is 9.88. The summed E-state index contributed by atoms with van der Waals surface area (Å²) >= 11 is 0. The van der Waals surface area contributed by atoms with Gasteiger partial charge in [-0.05, 0) is 30.5 Å². The van der Waals surface area contributed by atoms with E-state index in [9.17, 15) is 0 Å². The Labute approximate surface area is 116 Å². The second kappa shape index (κ2) is 4.59. The fourth-order valence-corrected chi connectivity index (χ4v) is 2.33. The average molecular weight is 265 g/mol. The fourth-order valence-electron chi connectivity index (χ4n) is 2.33. The van der Waals surface area contributed by atoms with Crippen LogP contribution >= 0.6 is 0 Å². The maximum absolute atomic E-state index is 4.59. The highest BCUT2D eigenvalue weighted by Gasteiger charge is 2.27. The minimum absolute atomic E-state index is 0.600. The van der Waals surface area contributed by atoms with E-state index in [4.69, 9.17) is 0 Å². The first-order valence-corrected chi connectivity index (χ1v) is 6.87. The third-order valence-electron chi connectivity index (χ3n) is 3.56. The van der Waals surface area contributed by atoms with Gasteiger partial charge in [0, 0.05) is 23.9 Å². The number of aromatic nitrogens is 5. The summed E-state index contributed by atoms with van der Waals surface area (Å²) in [5.41, 5.74) is 2.25. The topological polar surface area (TPSA) is 59.4 Å². The SMILES string of the molecule is c1cc(Cn2cccn2)cc(-c2n[nH]c(C3CC3)n2)c1. The van der Waals surface area contributed by atoms with E-state index in [-0.39, 0.29) is 0 Å². The largest absolute Gasteiger partial charge is 0.268 e. The highest BCUT2D eigenvalue weighted by Crippen LogP contribution is 2.38. The summed E-state index contributed by atoms with van der Waals surface area (Å²) in [5.74, 6) is 2.41. The average Bonchev–Trinajstić information content (AvgIpc) is 3.00. The number of nitrogens with one attached hydrogen (secondary N) is 1. The van der Waals surface area contributed by atoms with Gasteiger partial charge in [0.15, 0.2) is 5.82 Å². The number of hydrogen-bond donors (Lipinski definition) is 1. The Bertz CT molecular complexity index is 709. The lowest BCUT2D eigenvalue weighted by Gasteiger charge is -2.03. The number of rotatable bonds is 4. The molecule has 5 heteroatoms. The number of nitrogens with zero attached hydrogens (tertiary/aromatic N) is 4. The molecule has 0 saturated heterocycles. The molecule has 1 aromatic carbocycles. The first-order valence-electron chi connectivity index (χ1n) is 6.87. The van der Waals surface area contributed by atoms with Crippen molar-refractivity contribution >= 4 is 0 Å². The van der Waals surface area contributed by atoms with Gasteiger partial charge in [-0.3, -0.25) is 9.78 Å². The highest BCUT2D eigenvalue weighted by molar-refractivity contribution is 5.55. The van der Waals surface area contributed by atoms with Crippen LogP contribution in [0.4, 0.5) is 0 Å². The van der Waals surface area contributed by atoms with Gasteiger partial charge in [-0.1, -0.05) is 18.2 Å². The minimum atomic E-state index is 0.600. The summed E-state index contributed by atoms with van der Waals surface area (Å²) in [7, 11) is 0. The van der Waals surface area contributed by atoms with E-state index in [2.05, 4.69) is 32.4 Å². The molecular weight excluding hydrogens is 250 g/mol. The van der Waals surface area contributed by atoms with Crippen LogP contribution in [0.3, 0.4) is 0 Å². The number of H-pyrrole nitrogens is 1. The fraction of sp³-hybridized carbons (Fsp3) is 0.267. The molecule has 0 amide bonds. The zero-order chi connectivity index (χ0) is 13.4. The molecule has 1 aliphatic rings. The zero-order valence-corrected chi connectivity index (χ0v) is 11.0. The summed E-state index contributed by atoms with van der Waals surface area (Å²) in [6, 6.07) is 10.2. The van der Waals surface area contributed by atoms with E-state index in [1.54, 1.807) is 6.20 Å². The lowest BCUT2D eigenvalue weighted by atomic mass is 10.1. The van der Waals surface area contributed by atoms with Crippen molar-refractivity contribution in [3.8, 4) is 11.4 Å². The van der Waals surface area contributed by atoms with Gasteiger partial charge in [0.1, 0.15) is 5.82 Å². The van der Waals surface area contributed by atoms with Gasteiger partial charge < -0.3 is 0 Å². The monoisotopic (exact) mass is 265 g/mol. The van der Waals surface area contributed by atoms with Crippen LogP contribution in [0.25, 0.3) is 11.4 Å². The third-order valence-corrected chi connectivity index (χ3v) is 3.56. The smallest absolute Gasteiger partial charge is 0.181 e. The zero-order valence-electron chi connectivity index (χ0n) is 11.0. The Balaban J connectivity index is 1.60.